The van der Waals surface area contributed by atoms with Crippen LogP contribution in [-0.4, -0.2) is 28.7 Å². The molecule has 0 fully saturated rings. The van der Waals surface area contributed by atoms with E-state index in [0.717, 1.165) is 17.0 Å². The molecular weight excluding hydrogens is 325 g/mol. The molecule has 0 aliphatic rings. The number of aliphatic imine (C=N–C) groups is 1. The monoisotopic (exact) mass is 336 g/mol. The number of alkyl halides is 3. The molecule has 118 valence electrons. The lowest BCUT2D eigenvalue weighted by molar-refractivity contribution is -0.137. The standard InChI is InChI=1S/C15H11F3N4S/c1-19-7-12-14(21-22-20-12)13-6-10(8-23-13)9-3-2-4-11(5-9)15(16,17)18/h2-8H,1H3,(H,20,21,22). The molecule has 23 heavy (non-hydrogen) atoms. The van der Waals surface area contributed by atoms with Crippen molar-refractivity contribution in [2.24, 2.45) is 4.99 Å². The topological polar surface area (TPSA) is 53.9 Å². The summed E-state index contributed by atoms with van der Waals surface area (Å²) in [4.78, 5) is 4.71. The second kappa shape index (κ2) is 5.96. The summed E-state index contributed by atoms with van der Waals surface area (Å²) in [6.07, 6.45) is -2.78. The zero-order valence-electron chi connectivity index (χ0n) is 11.9. The van der Waals surface area contributed by atoms with E-state index in [0.29, 0.717) is 22.5 Å². The molecule has 0 unspecified atom stereocenters. The number of rotatable bonds is 3. The third-order valence-corrected chi connectivity index (χ3v) is 4.12. The predicted octanol–water partition coefficient (Wildman–Crippen LogP) is 4.27. The number of aromatic nitrogens is 3. The van der Waals surface area contributed by atoms with E-state index in [1.807, 2.05) is 0 Å². The Labute approximate surface area is 133 Å². The second-order valence-electron chi connectivity index (χ2n) is 4.72. The number of aromatic amines is 1. The van der Waals surface area contributed by atoms with E-state index in [9.17, 15) is 13.2 Å². The summed E-state index contributed by atoms with van der Waals surface area (Å²) < 4.78 is 38.4. The highest BCUT2D eigenvalue weighted by molar-refractivity contribution is 7.14. The Bertz CT molecular complexity index is 848. The summed E-state index contributed by atoms with van der Waals surface area (Å²) in [5.41, 5.74) is 1.77. The molecule has 3 aromatic rings. The first kappa shape index (κ1) is 15.4. The SMILES string of the molecule is CN=Cc1n[nH]nc1-c1cc(-c2cccc(C(F)(F)F)c2)cs1. The highest BCUT2D eigenvalue weighted by Crippen LogP contribution is 2.35. The third kappa shape index (κ3) is 3.16. The van der Waals surface area contributed by atoms with E-state index in [1.54, 1.807) is 30.8 Å². The van der Waals surface area contributed by atoms with Gasteiger partial charge in [0.25, 0.3) is 0 Å². The Morgan fingerprint density at radius 3 is 2.74 bits per heavy atom. The fraction of sp³-hybridized carbons (Fsp3) is 0.133. The van der Waals surface area contributed by atoms with Gasteiger partial charge in [-0.2, -0.15) is 28.6 Å². The number of nitrogens with zero attached hydrogens (tertiary/aromatic N) is 3. The van der Waals surface area contributed by atoms with Crippen molar-refractivity contribution in [3.8, 4) is 21.7 Å². The minimum atomic E-state index is -4.36. The minimum Gasteiger partial charge on any atom is -0.294 e. The van der Waals surface area contributed by atoms with Crippen molar-refractivity contribution in [2.75, 3.05) is 7.05 Å². The molecule has 1 N–H and O–H groups in total. The third-order valence-electron chi connectivity index (χ3n) is 3.18. The van der Waals surface area contributed by atoms with Crippen molar-refractivity contribution >= 4 is 17.6 Å². The lowest BCUT2D eigenvalue weighted by Gasteiger charge is -2.07. The first-order valence-corrected chi connectivity index (χ1v) is 7.46. The van der Waals surface area contributed by atoms with Crippen LogP contribution in [0.3, 0.4) is 0 Å². The van der Waals surface area contributed by atoms with Crippen molar-refractivity contribution in [2.45, 2.75) is 6.18 Å². The normalized spacial score (nSPS) is 12.2. The number of thiophene rings is 1. The fourth-order valence-corrected chi connectivity index (χ4v) is 3.03. The molecule has 2 aromatic heterocycles. The van der Waals surface area contributed by atoms with Crippen molar-refractivity contribution < 1.29 is 13.2 Å². The van der Waals surface area contributed by atoms with E-state index in [1.165, 1.54) is 17.4 Å². The maximum absolute atomic E-state index is 12.8. The number of hydrogen-bond donors (Lipinski definition) is 1. The van der Waals surface area contributed by atoms with Crippen LogP contribution in [0.25, 0.3) is 21.7 Å². The van der Waals surface area contributed by atoms with Crippen LogP contribution in [0, 0.1) is 0 Å². The van der Waals surface area contributed by atoms with Gasteiger partial charge in [-0.25, -0.2) is 0 Å². The Hall–Kier alpha value is -2.48. The second-order valence-corrected chi connectivity index (χ2v) is 5.63. The summed E-state index contributed by atoms with van der Waals surface area (Å²) in [5, 5.41) is 12.4. The van der Waals surface area contributed by atoms with Gasteiger partial charge < -0.3 is 0 Å². The average Bonchev–Trinajstić information content (AvgIpc) is 3.15. The van der Waals surface area contributed by atoms with Gasteiger partial charge in [-0.1, -0.05) is 12.1 Å². The van der Waals surface area contributed by atoms with Crippen LogP contribution >= 0.6 is 11.3 Å². The molecule has 2 heterocycles. The summed E-state index contributed by atoms with van der Waals surface area (Å²) >= 11 is 1.39. The molecule has 0 bridgehead atoms. The summed E-state index contributed by atoms with van der Waals surface area (Å²) in [6.45, 7) is 0. The number of hydrogen-bond acceptors (Lipinski definition) is 4. The van der Waals surface area contributed by atoms with Crippen LogP contribution in [-0.2, 0) is 6.18 Å². The molecule has 0 amide bonds. The van der Waals surface area contributed by atoms with Gasteiger partial charge in [0.15, 0.2) is 0 Å². The molecule has 0 spiro atoms. The predicted molar refractivity (Wildman–Crippen MR) is 83.7 cm³/mol. The lowest BCUT2D eigenvalue weighted by Crippen LogP contribution is -2.04. The largest absolute Gasteiger partial charge is 0.416 e. The van der Waals surface area contributed by atoms with Gasteiger partial charge in [-0.3, -0.25) is 4.99 Å². The van der Waals surface area contributed by atoms with Gasteiger partial charge in [0.1, 0.15) is 11.4 Å². The van der Waals surface area contributed by atoms with Crippen molar-refractivity contribution in [3.63, 3.8) is 0 Å². The van der Waals surface area contributed by atoms with Gasteiger partial charge in [0.2, 0.25) is 0 Å². The summed E-state index contributed by atoms with van der Waals surface area (Å²) in [5.74, 6) is 0. The zero-order chi connectivity index (χ0) is 16.4. The van der Waals surface area contributed by atoms with Gasteiger partial charge >= 0.3 is 6.18 Å². The Morgan fingerprint density at radius 2 is 2.00 bits per heavy atom. The number of halogens is 3. The molecule has 0 atom stereocenters. The first-order chi connectivity index (χ1) is 11.0. The van der Waals surface area contributed by atoms with Gasteiger partial charge in [-0.05, 0) is 34.7 Å². The molecule has 0 radical (unpaired) electrons. The minimum absolute atomic E-state index is 0.511. The lowest BCUT2D eigenvalue weighted by atomic mass is 10.0. The number of H-pyrrole nitrogens is 1. The van der Waals surface area contributed by atoms with Crippen molar-refractivity contribution in [3.05, 3.63) is 47.0 Å². The Morgan fingerprint density at radius 1 is 1.17 bits per heavy atom. The van der Waals surface area contributed by atoms with Crippen LogP contribution in [0.4, 0.5) is 13.2 Å². The molecule has 0 aliphatic heterocycles. The molecule has 4 nitrogen and oxygen atoms in total. The molecule has 1 aromatic carbocycles. The van der Waals surface area contributed by atoms with Crippen LogP contribution in [0.1, 0.15) is 11.3 Å². The highest BCUT2D eigenvalue weighted by atomic mass is 32.1. The van der Waals surface area contributed by atoms with Crippen molar-refractivity contribution in [1.82, 2.24) is 15.4 Å². The van der Waals surface area contributed by atoms with Crippen LogP contribution in [0.15, 0.2) is 40.7 Å². The fourth-order valence-electron chi connectivity index (χ4n) is 2.12. The Kier molecular flexibility index (Phi) is 3.99. The number of benzene rings is 1. The molecule has 0 aliphatic carbocycles. The maximum Gasteiger partial charge on any atom is 0.416 e. The molecule has 0 saturated heterocycles. The molecule has 0 saturated carbocycles. The Balaban J connectivity index is 1.98. The maximum atomic E-state index is 12.8. The van der Waals surface area contributed by atoms with E-state index in [-0.39, 0.29) is 0 Å². The van der Waals surface area contributed by atoms with E-state index >= 15 is 0 Å². The van der Waals surface area contributed by atoms with Gasteiger partial charge in [-0.15, -0.1) is 11.3 Å². The van der Waals surface area contributed by atoms with E-state index in [4.69, 9.17) is 0 Å². The molecular formula is C15H11F3N4S. The first-order valence-electron chi connectivity index (χ1n) is 6.58. The van der Waals surface area contributed by atoms with E-state index in [2.05, 4.69) is 20.4 Å². The summed E-state index contributed by atoms with van der Waals surface area (Å²) in [7, 11) is 1.63. The highest BCUT2D eigenvalue weighted by Gasteiger charge is 2.30. The van der Waals surface area contributed by atoms with Gasteiger partial charge in [0.05, 0.1) is 16.7 Å². The van der Waals surface area contributed by atoms with Crippen LogP contribution < -0.4 is 0 Å². The van der Waals surface area contributed by atoms with E-state index < -0.39 is 11.7 Å². The van der Waals surface area contributed by atoms with Crippen LogP contribution in [0.2, 0.25) is 0 Å². The van der Waals surface area contributed by atoms with Gasteiger partial charge in [0, 0.05) is 7.05 Å². The van der Waals surface area contributed by atoms with Crippen LogP contribution in [0.5, 0.6) is 0 Å². The summed E-state index contributed by atoms with van der Waals surface area (Å²) in [6, 6.07) is 7.05. The smallest absolute Gasteiger partial charge is 0.294 e. The molecule has 3 rings (SSSR count). The van der Waals surface area contributed by atoms with Crippen molar-refractivity contribution in [1.29, 1.82) is 0 Å². The number of nitrogens with one attached hydrogen (secondary N) is 1. The quantitative estimate of drug-likeness (QED) is 0.726. The zero-order valence-corrected chi connectivity index (χ0v) is 12.7. The average molecular weight is 336 g/mol. The molecule has 8 heteroatoms.